The number of nitrogens with zero attached hydrogens (tertiary/aromatic N) is 3. The zero-order valence-electron chi connectivity index (χ0n) is 14.3. The summed E-state index contributed by atoms with van der Waals surface area (Å²) in [6.07, 6.45) is 2.01. The van der Waals surface area contributed by atoms with E-state index >= 15 is 0 Å². The average Bonchev–Trinajstić information content (AvgIpc) is 3.14. The molecule has 7 heteroatoms. The third-order valence-electron chi connectivity index (χ3n) is 4.14. The Kier molecular flexibility index (Phi) is 4.26. The number of amides is 2. The molecular weight excluding hydrogens is 306 g/mol. The minimum absolute atomic E-state index is 0.0482. The third kappa shape index (κ3) is 3.55. The Labute approximate surface area is 140 Å². The van der Waals surface area contributed by atoms with Crippen molar-refractivity contribution in [3.8, 4) is 0 Å². The molecule has 2 N–H and O–H groups in total. The fourth-order valence-corrected chi connectivity index (χ4v) is 3.04. The number of aromatic nitrogens is 3. The Morgan fingerprint density at radius 1 is 1.29 bits per heavy atom. The van der Waals surface area contributed by atoms with Gasteiger partial charge in [-0.15, -0.1) is 0 Å². The standard InChI is InChI=1S/C17H23N5O2/c1-17(2,3)10-15(23)22-8-4-5-14(22)16(24)18-11-6-7-12-13(9-11)20-21-19-12/h6-7,9,14H,4-5,8,10H2,1-3H3,(H,18,24)(H,19,20,21)/t14-/m1/s1. The molecule has 0 unspecified atom stereocenters. The number of fused-ring (bicyclic) bond motifs is 1. The topological polar surface area (TPSA) is 91.0 Å². The number of likely N-dealkylation sites (tertiary alicyclic amines) is 1. The number of hydrogen-bond donors (Lipinski definition) is 2. The Bertz CT molecular complexity index is 762. The molecule has 0 aliphatic carbocycles. The summed E-state index contributed by atoms with van der Waals surface area (Å²) in [5, 5.41) is 13.5. The van der Waals surface area contributed by atoms with Gasteiger partial charge < -0.3 is 10.2 Å². The van der Waals surface area contributed by atoms with Crippen LogP contribution in [0.2, 0.25) is 0 Å². The van der Waals surface area contributed by atoms with Crippen molar-refractivity contribution in [1.29, 1.82) is 0 Å². The van der Waals surface area contributed by atoms with Crippen LogP contribution >= 0.6 is 0 Å². The summed E-state index contributed by atoms with van der Waals surface area (Å²) in [5.41, 5.74) is 2.02. The van der Waals surface area contributed by atoms with Gasteiger partial charge in [0.15, 0.2) is 0 Å². The molecule has 0 radical (unpaired) electrons. The highest BCUT2D eigenvalue weighted by Gasteiger charge is 2.35. The highest BCUT2D eigenvalue weighted by atomic mass is 16.2. The SMILES string of the molecule is CC(C)(C)CC(=O)N1CCC[C@@H]1C(=O)Nc1ccc2n[nH]nc2c1. The normalized spacial score (nSPS) is 18.1. The lowest BCUT2D eigenvalue weighted by Gasteiger charge is -2.27. The van der Waals surface area contributed by atoms with Crippen LogP contribution in [0.3, 0.4) is 0 Å². The molecule has 1 atom stereocenters. The van der Waals surface area contributed by atoms with Gasteiger partial charge in [0.1, 0.15) is 17.1 Å². The molecule has 0 bridgehead atoms. The summed E-state index contributed by atoms with van der Waals surface area (Å²) in [7, 11) is 0. The molecule has 1 saturated heterocycles. The number of H-pyrrole nitrogens is 1. The predicted octanol–water partition coefficient (Wildman–Crippen LogP) is 2.32. The van der Waals surface area contributed by atoms with E-state index in [1.165, 1.54) is 0 Å². The summed E-state index contributed by atoms with van der Waals surface area (Å²) in [6.45, 7) is 6.74. The number of nitrogens with one attached hydrogen (secondary N) is 2. The van der Waals surface area contributed by atoms with Crippen molar-refractivity contribution in [2.24, 2.45) is 5.41 Å². The summed E-state index contributed by atoms with van der Waals surface area (Å²) in [4.78, 5) is 26.8. The van der Waals surface area contributed by atoms with Gasteiger partial charge >= 0.3 is 0 Å². The molecule has 2 amide bonds. The number of carbonyl (C=O) groups is 2. The van der Waals surface area contributed by atoms with Crippen molar-refractivity contribution < 1.29 is 9.59 Å². The van der Waals surface area contributed by atoms with Crippen LogP contribution in [0, 0.1) is 5.41 Å². The fourth-order valence-electron chi connectivity index (χ4n) is 3.04. The first-order valence-electron chi connectivity index (χ1n) is 8.24. The van der Waals surface area contributed by atoms with Gasteiger partial charge in [0.25, 0.3) is 0 Å². The van der Waals surface area contributed by atoms with Crippen LogP contribution in [-0.4, -0.2) is 44.7 Å². The van der Waals surface area contributed by atoms with E-state index in [1.54, 1.807) is 23.1 Å². The van der Waals surface area contributed by atoms with Crippen molar-refractivity contribution in [3.63, 3.8) is 0 Å². The molecule has 1 aliphatic heterocycles. The van der Waals surface area contributed by atoms with Crippen molar-refractivity contribution in [3.05, 3.63) is 18.2 Å². The maximum Gasteiger partial charge on any atom is 0.247 e. The van der Waals surface area contributed by atoms with Crippen LogP contribution in [-0.2, 0) is 9.59 Å². The number of hydrogen-bond acceptors (Lipinski definition) is 4. The molecule has 0 spiro atoms. The molecular formula is C17H23N5O2. The van der Waals surface area contributed by atoms with E-state index in [0.717, 1.165) is 11.9 Å². The summed E-state index contributed by atoms with van der Waals surface area (Å²) >= 11 is 0. The van der Waals surface area contributed by atoms with Gasteiger partial charge in [0.05, 0.1) is 0 Å². The zero-order chi connectivity index (χ0) is 17.3. The molecule has 1 fully saturated rings. The van der Waals surface area contributed by atoms with Crippen molar-refractivity contribution in [1.82, 2.24) is 20.3 Å². The molecule has 1 aliphatic rings. The maximum atomic E-state index is 12.6. The molecule has 2 heterocycles. The minimum atomic E-state index is -0.396. The second kappa shape index (κ2) is 6.22. The van der Waals surface area contributed by atoms with Crippen LogP contribution in [0.5, 0.6) is 0 Å². The highest BCUT2D eigenvalue weighted by Crippen LogP contribution is 2.25. The summed E-state index contributed by atoms with van der Waals surface area (Å²) in [5.74, 6) is -0.0929. The molecule has 3 rings (SSSR count). The van der Waals surface area contributed by atoms with Crippen LogP contribution in [0.25, 0.3) is 11.0 Å². The molecule has 24 heavy (non-hydrogen) atoms. The van der Waals surface area contributed by atoms with Crippen molar-refractivity contribution in [2.45, 2.75) is 46.1 Å². The van der Waals surface area contributed by atoms with Crippen LogP contribution < -0.4 is 5.32 Å². The Hall–Kier alpha value is -2.44. The van der Waals surface area contributed by atoms with Gasteiger partial charge in [-0.1, -0.05) is 20.8 Å². The molecule has 2 aromatic rings. The van der Waals surface area contributed by atoms with Gasteiger partial charge in [-0.05, 0) is 36.5 Å². The van der Waals surface area contributed by atoms with Gasteiger partial charge in [-0.3, -0.25) is 9.59 Å². The first-order chi connectivity index (χ1) is 11.3. The molecule has 128 valence electrons. The molecule has 7 nitrogen and oxygen atoms in total. The second-order valence-electron chi connectivity index (χ2n) is 7.50. The van der Waals surface area contributed by atoms with E-state index < -0.39 is 6.04 Å². The number of rotatable bonds is 3. The quantitative estimate of drug-likeness (QED) is 0.904. The lowest BCUT2D eigenvalue weighted by atomic mass is 9.91. The number of carbonyl (C=O) groups excluding carboxylic acids is 2. The summed E-state index contributed by atoms with van der Waals surface area (Å²) < 4.78 is 0. The molecule has 1 aromatic carbocycles. The van der Waals surface area contributed by atoms with Crippen LogP contribution in [0.1, 0.15) is 40.0 Å². The van der Waals surface area contributed by atoms with E-state index in [4.69, 9.17) is 0 Å². The highest BCUT2D eigenvalue weighted by molar-refractivity contribution is 5.98. The Morgan fingerprint density at radius 3 is 2.79 bits per heavy atom. The Balaban J connectivity index is 1.70. The first kappa shape index (κ1) is 16.4. The largest absolute Gasteiger partial charge is 0.331 e. The van der Waals surface area contributed by atoms with Gasteiger partial charge in [-0.2, -0.15) is 15.4 Å². The van der Waals surface area contributed by atoms with Crippen molar-refractivity contribution in [2.75, 3.05) is 11.9 Å². The average molecular weight is 329 g/mol. The number of benzene rings is 1. The van der Waals surface area contributed by atoms with E-state index in [0.29, 0.717) is 30.6 Å². The summed E-state index contributed by atoms with van der Waals surface area (Å²) in [6, 6.07) is 4.96. The monoisotopic (exact) mass is 329 g/mol. The fraction of sp³-hybridized carbons (Fsp3) is 0.529. The molecule has 1 aromatic heterocycles. The minimum Gasteiger partial charge on any atom is -0.331 e. The lowest BCUT2D eigenvalue weighted by molar-refractivity contribution is -0.138. The Morgan fingerprint density at radius 2 is 2.04 bits per heavy atom. The van der Waals surface area contributed by atoms with Gasteiger partial charge in [0.2, 0.25) is 11.8 Å². The van der Waals surface area contributed by atoms with Crippen molar-refractivity contribution >= 4 is 28.5 Å². The second-order valence-corrected chi connectivity index (χ2v) is 7.50. The maximum absolute atomic E-state index is 12.6. The molecule has 0 saturated carbocycles. The zero-order valence-corrected chi connectivity index (χ0v) is 14.3. The van der Waals surface area contributed by atoms with E-state index in [9.17, 15) is 9.59 Å². The van der Waals surface area contributed by atoms with Crippen LogP contribution in [0.15, 0.2) is 18.2 Å². The smallest absolute Gasteiger partial charge is 0.247 e. The third-order valence-corrected chi connectivity index (χ3v) is 4.14. The van der Waals surface area contributed by atoms with Gasteiger partial charge in [0, 0.05) is 18.7 Å². The van der Waals surface area contributed by atoms with E-state index in [1.807, 2.05) is 20.8 Å². The number of anilines is 1. The lowest BCUT2D eigenvalue weighted by Crippen LogP contribution is -2.44. The van der Waals surface area contributed by atoms with Gasteiger partial charge in [-0.25, -0.2) is 0 Å². The van der Waals surface area contributed by atoms with E-state index in [-0.39, 0.29) is 17.2 Å². The first-order valence-corrected chi connectivity index (χ1v) is 8.24. The predicted molar refractivity (Wildman–Crippen MR) is 91.3 cm³/mol. The number of aromatic amines is 1. The van der Waals surface area contributed by atoms with Crippen LogP contribution in [0.4, 0.5) is 5.69 Å². The van der Waals surface area contributed by atoms with E-state index in [2.05, 4.69) is 20.7 Å².